The van der Waals surface area contributed by atoms with Gasteiger partial charge in [0.2, 0.25) is 0 Å². The third-order valence-electron chi connectivity index (χ3n) is 2.96. The summed E-state index contributed by atoms with van der Waals surface area (Å²) in [6.07, 6.45) is 0. The summed E-state index contributed by atoms with van der Waals surface area (Å²) in [5.41, 5.74) is 2.97. The van der Waals surface area contributed by atoms with Crippen LogP contribution in [0.4, 0.5) is 0 Å². The van der Waals surface area contributed by atoms with Gasteiger partial charge in [0, 0.05) is 9.79 Å². The van der Waals surface area contributed by atoms with Gasteiger partial charge in [0.15, 0.2) is 0 Å². The molecule has 0 amide bonds. The molecule has 4 aromatic rings. The maximum Gasteiger partial charge on any atom is 0.0812 e. The maximum atomic E-state index is 4.14. The van der Waals surface area contributed by atoms with Crippen LogP contribution in [0.1, 0.15) is 0 Å². The van der Waals surface area contributed by atoms with Gasteiger partial charge in [-0.25, -0.2) is 4.98 Å². The molecule has 0 unspecified atom stereocenters. The van der Waals surface area contributed by atoms with Crippen molar-refractivity contribution in [2.45, 2.75) is 9.79 Å². The molecule has 0 atom stereocenters. The summed E-state index contributed by atoms with van der Waals surface area (Å²) in [4.78, 5) is 6.72. The highest BCUT2D eigenvalue weighted by Gasteiger charge is 1.94. The fourth-order valence-electron chi connectivity index (χ4n) is 1.85. The quantitative estimate of drug-likeness (QED) is 0.377. The second-order valence-electron chi connectivity index (χ2n) is 4.61. The Morgan fingerprint density at radius 2 is 1.13 bits per heavy atom. The van der Waals surface area contributed by atoms with Crippen molar-refractivity contribution in [2.24, 2.45) is 0 Å². The molecule has 0 aliphatic heterocycles. The average molecular weight is 354 g/mol. The monoisotopic (exact) mass is 353 g/mol. The highest BCUT2D eigenvalue weighted by Crippen LogP contribution is 2.36. The Bertz CT molecular complexity index is 759. The number of fused-ring (bicyclic) bond motifs is 1. The largest absolute Gasteiger partial charge is 0.245 e. The van der Waals surface area contributed by atoms with E-state index in [9.17, 15) is 0 Å². The van der Waals surface area contributed by atoms with E-state index in [0.717, 1.165) is 5.52 Å². The average Bonchev–Trinajstić information content (AvgIpc) is 3.11. The number of hydrogen-bond donors (Lipinski definition) is 0. The minimum absolute atomic E-state index is 1.10. The maximum absolute atomic E-state index is 4.14. The van der Waals surface area contributed by atoms with Gasteiger partial charge in [0.05, 0.1) is 15.7 Å². The summed E-state index contributed by atoms with van der Waals surface area (Å²) in [5, 5.41) is 0. The van der Waals surface area contributed by atoms with Crippen LogP contribution in [-0.2, 0) is 0 Å². The van der Waals surface area contributed by atoms with E-state index >= 15 is 0 Å². The van der Waals surface area contributed by atoms with Crippen LogP contribution in [0.2, 0.25) is 0 Å². The lowest BCUT2D eigenvalue weighted by atomic mass is 10.3. The van der Waals surface area contributed by atoms with Crippen LogP contribution in [0.3, 0.4) is 0 Å². The molecule has 0 fully saturated rings. The first kappa shape index (κ1) is 16.1. The van der Waals surface area contributed by atoms with Crippen molar-refractivity contribution in [3.05, 3.63) is 90.4 Å². The zero-order valence-electron chi connectivity index (χ0n) is 12.3. The van der Waals surface area contributed by atoms with Crippen LogP contribution in [0.5, 0.6) is 0 Å². The molecule has 114 valence electrons. The fraction of sp³-hybridized carbons (Fsp3) is 0. The van der Waals surface area contributed by atoms with Crippen molar-refractivity contribution in [1.29, 1.82) is 0 Å². The molecule has 4 rings (SSSR count). The second-order valence-corrected chi connectivity index (χ2v) is 7.78. The SMILES string of the molecule is c1ccc(SSc2ccccc2)cc1.c1ccc2scnc2c1. The highest BCUT2D eigenvalue weighted by molar-refractivity contribution is 8.76. The number of rotatable bonds is 3. The van der Waals surface area contributed by atoms with Crippen LogP contribution in [0.25, 0.3) is 10.2 Å². The minimum atomic E-state index is 1.10. The van der Waals surface area contributed by atoms with Crippen molar-refractivity contribution in [2.75, 3.05) is 0 Å². The van der Waals surface area contributed by atoms with Crippen molar-refractivity contribution in [1.82, 2.24) is 4.98 Å². The first-order valence-electron chi connectivity index (χ1n) is 7.15. The van der Waals surface area contributed by atoms with Gasteiger partial charge in [-0.3, -0.25) is 0 Å². The molecule has 1 nitrogen and oxygen atoms in total. The third kappa shape index (κ3) is 5.13. The lowest BCUT2D eigenvalue weighted by Crippen LogP contribution is -1.67. The van der Waals surface area contributed by atoms with Gasteiger partial charge < -0.3 is 0 Å². The Hall–Kier alpha value is -1.75. The Labute approximate surface area is 148 Å². The Morgan fingerprint density at radius 1 is 0.609 bits per heavy atom. The van der Waals surface area contributed by atoms with E-state index in [1.807, 2.05) is 35.8 Å². The molecule has 0 aliphatic carbocycles. The molecule has 1 heterocycles. The molecular weight excluding hydrogens is 338 g/mol. The van der Waals surface area contributed by atoms with Gasteiger partial charge in [0.25, 0.3) is 0 Å². The number of para-hydroxylation sites is 1. The Kier molecular flexibility index (Phi) is 6.15. The van der Waals surface area contributed by atoms with E-state index in [-0.39, 0.29) is 0 Å². The van der Waals surface area contributed by atoms with Crippen molar-refractivity contribution in [3.63, 3.8) is 0 Å². The standard InChI is InChI=1S/C12H10S2.C7H5NS/c1-3-7-11(8-4-1)13-14-12-9-5-2-6-10-12;1-2-4-7-6(3-1)8-5-9-7/h1-10H;1-5H. The minimum Gasteiger partial charge on any atom is -0.245 e. The summed E-state index contributed by atoms with van der Waals surface area (Å²) in [6, 6.07) is 29.0. The zero-order valence-corrected chi connectivity index (χ0v) is 14.8. The molecule has 0 radical (unpaired) electrons. The van der Waals surface area contributed by atoms with Gasteiger partial charge in [-0.1, -0.05) is 70.1 Å². The summed E-state index contributed by atoms with van der Waals surface area (Å²) < 4.78 is 1.26. The molecule has 0 saturated carbocycles. The molecular formula is C19H15NS3. The van der Waals surface area contributed by atoms with Crippen LogP contribution < -0.4 is 0 Å². The number of nitrogens with zero attached hydrogens (tertiary/aromatic N) is 1. The molecule has 23 heavy (non-hydrogen) atoms. The van der Waals surface area contributed by atoms with Crippen LogP contribution in [0.15, 0.2) is 100 Å². The van der Waals surface area contributed by atoms with E-state index < -0.39 is 0 Å². The molecule has 0 N–H and O–H groups in total. The topological polar surface area (TPSA) is 12.9 Å². The number of thiazole rings is 1. The van der Waals surface area contributed by atoms with E-state index in [1.54, 1.807) is 32.9 Å². The molecule has 3 aromatic carbocycles. The van der Waals surface area contributed by atoms with E-state index in [4.69, 9.17) is 0 Å². The molecule has 0 spiro atoms. The summed E-state index contributed by atoms with van der Waals surface area (Å²) in [6.45, 7) is 0. The molecule has 0 bridgehead atoms. The van der Waals surface area contributed by atoms with Crippen molar-refractivity contribution < 1.29 is 0 Å². The lowest BCUT2D eigenvalue weighted by Gasteiger charge is -1.99. The number of aromatic nitrogens is 1. The van der Waals surface area contributed by atoms with Crippen LogP contribution in [0, 0.1) is 0 Å². The lowest BCUT2D eigenvalue weighted by molar-refractivity contribution is 1.47. The van der Waals surface area contributed by atoms with E-state index in [0.29, 0.717) is 0 Å². The normalized spacial score (nSPS) is 10.1. The van der Waals surface area contributed by atoms with Crippen molar-refractivity contribution >= 4 is 43.1 Å². The van der Waals surface area contributed by atoms with E-state index in [1.165, 1.54) is 14.5 Å². The second kappa shape index (κ2) is 8.77. The number of benzene rings is 3. The zero-order chi connectivity index (χ0) is 15.7. The summed E-state index contributed by atoms with van der Waals surface area (Å²) in [5.74, 6) is 0. The van der Waals surface area contributed by atoms with Crippen molar-refractivity contribution in [3.8, 4) is 0 Å². The van der Waals surface area contributed by atoms with Crippen LogP contribution >= 0.6 is 32.9 Å². The summed E-state index contributed by atoms with van der Waals surface area (Å²) >= 11 is 1.68. The molecule has 0 saturated heterocycles. The van der Waals surface area contributed by atoms with Gasteiger partial charge in [0.1, 0.15) is 0 Å². The smallest absolute Gasteiger partial charge is 0.0812 e. The highest BCUT2D eigenvalue weighted by atomic mass is 33.1. The molecule has 1 aromatic heterocycles. The Morgan fingerprint density at radius 3 is 1.70 bits per heavy atom. The molecule has 4 heteroatoms. The summed E-state index contributed by atoms with van der Waals surface area (Å²) in [7, 11) is 3.58. The van der Waals surface area contributed by atoms with Gasteiger partial charge in [-0.15, -0.1) is 11.3 Å². The predicted octanol–water partition coefficient (Wildman–Crippen LogP) is 6.78. The van der Waals surface area contributed by atoms with Gasteiger partial charge >= 0.3 is 0 Å². The predicted molar refractivity (Wildman–Crippen MR) is 104 cm³/mol. The van der Waals surface area contributed by atoms with Crippen LogP contribution in [-0.4, -0.2) is 4.98 Å². The van der Waals surface area contributed by atoms with Gasteiger partial charge in [-0.05, 0) is 36.4 Å². The van der Waals surface area contributed by atoms with E-state index in [2.05, 4.69) is 59.6 Å². The first-order chi connectivity index (χ1) is 11.4. The molecule has 0 aliphatic rings. The number of hydrogen-bond acceptors (Lipinski definition) is 4. The first-order valence-corrected chi connectivity index (χ1v) is 10.2. The third-order valence-corrected chi connectivity index (χ3v) is 6.18. The fourth-order valence-corrected chi connectivity index (χ4v) is 4.50. The Balaban J connectivity index is 0.000000149. The van der Waals surface area contributed by atoms with Gasteiger partial charge in [-0.2, -0.15) is 0 Å².